The molecular formula is C13H11ClN2O4. The van der Waals surface area contributed by atoms with Crippen LogP contribution < -0.4 is 5.32 Å². The highest BCUT2D eigenvalue weighted by Gasteiger charge is 2.15. The molecule has 0 aliphatic heterocycles. The number of nitrogens with zero attached hydrogens (tertiary/aromatic N) is 1. The minimum atomic E-state index is -0.548. The van der Waals surface area contributed by atoms with Crippen LogP contribution in [-0.4, -0.2) is 30.7 Å². The van der Waals surface area contributed by atoms with E-state index in [2.05, 4.69) is 15.2 Å². The molecule has 0 saturated heterocycles. The number of benzene rings is 1. The number of esters is 1. The van der Waals surface area contributed by atoms with E-state index < -0.39 is 11.9 Å². The molecule has 2 rings (SSSR count). The first kappa shape index (κ1) is 14.1. The number of rotatable bonds is 4. The molecule has 1 amide bonds. The molecule has 1 aromatic heterocycles. The Morgan fingerprint density at radius 2 is 2.20 bits per heavy atom. The number of ether oxygens (including phenoxy) is 1. The van der Waals surface area contributed by atoms with E-state index in [0.29, 0.717) is 10.7 Å². The van der Waals surface area contributed by atoms with Gasteiger partial charge in [0.05, 0.1) is 7.11 Å². The maximum atomic E-state index is 11.7. The van der Waals surface area contributed by atoms with Gasteiger partial charge in [-0.05, 0) is 12.1 Å². The molecular weight excluding hydrogens is 284 g/mol. The fraction of sp³-hybridized carbons (Fsp3) is 0.154. The number of amides is 1. The van der Waals surface area contributed by atoms with E-state index in [1.165, 1.54) is 13.2 Å². The molecule has 0 unspecified atom stereocenters. The molecule has 0 aliphatic rings. The van der Waals surface area contributed by atoms with Crippen molar-refractivity contribution in [3.63, 3.8) is 0 Å². The lowest BCUT2D eigenvalue weighted by Crippen LogP contribution is -2.29. The van der Waals surface area contributed by atoms with Gasteiger partial charge in [-0.3, -0.25) is 9.59 Å². The van der Waals surface area contributed by atoms with Crippen molar-refractivity contribution in [1.82, 2.24) is 10.5 Å². The van der Waals surface area contributed by atoms with Crippen LogP contribution in [0.5, 0.6) is 0 Å². The first-order valence-electron chi connectivity index (χ1n) is 5.68. The van der Waals surface area contributed by atoms with E-state index >= 15 is 0 Å². The van der Waals surface area contributed by atoms with Crippen molar-refractivity contribution in [2.75, 3.05) is 13.7 Å². The summed E-state index contributed by atoms with van der Waals surface area (Å²) in [7, 11) is 1.24. The molecule has 0 radical (unpaired) electrons. The lowest BCUT2D eigenvalue weighted by molar-refractivity contribution is -0.139. The Morgan fingerprint density at radius 3 is 2.90 bits per heavy atom. The summed E-state index contributed by atoms with van der Waals surface area (Å²) in [5, 5.41) is 6.70. The quantitative estimate of drug-likeness (QED) is 0.871. The standard InChI is InChI=1S/C13H11ClN2O4/c1-19-12(17)7-15-13(18)11-6-10(16-20-11)8-3-2-4-9(14)5-8/h2-6H,7H2,1H3,(H,15,18). The zero-order valence-corrected chi connectivity index (χ0v) is 11.3. The van der Waals surface area contributed by atoms with Gasteiger partial charge in [-0.1, -0.05) is 28.9 Å². The van der Waals surface area contributed by atoms with Gasteiger partial charge in [0.25, 0.3) is 5.91 Å². The second kappa shape index (κ2) is 6.21. The maximum Gasteiger partial charge on any atom is 0.325 e. The number of hydrogen-bond donors (Lipinski definition) is 1. The summed E-state index contributed by atoms with van der Waals surface area (Å²) in [6.07, 6.45) is 0. The van der Waals surface area contributed by atoms with Crippen LogP contribution in [0.25, 0.3) is 11.3 Å². The van der Waals surface area contributed by atoms with Crippen LogP contribution in [-0.2, 0) is 9.53 Å². The first-order chi connectivity index (χ1) is 9.60. The molecule has 0 fully saturated rings. The molecule has 0 aliphatic carbocycles. The zero-order valence-electron chi connectivity index (χ0n) is 10.6. The normalized spacial score (nSPS) is 10.1. The van der Waals surface area contributed by atoms with Crippen molar-refractivity contribution < 1.29 is 18.8 Å². The van der Waals surface area contributed by atoms with Crippen molar-refractivity contribution in [1.29, 1.82) is 0 Å². The predicted octanol–water partition coefficient (Wildman–Crippen LogP) is 1.90. The van der Waals surface area contributed by atoms with Crippen LogP contribution in [0.3, 0.4) is 0 Å². The van der Waals surface area contributed by atoms with Gasteiger partial charge in [0.1, 0.15) is 12.2 Å². The summed E-state index contributed by atoms with van der Waals surface area (Å²) < 4.78 is 9.34. The van der Waals surface area contributed by atoms with Gasteiger partial charge in [0.15, 0.2) is 0 Å². The molecule has 1 heterocycles. The molecule has 1 N–H and O–H groups in total. The van der Waals surface area contributed by atoms with Crippen molar-refractivity contribution in [2.45, 2.75) is 0 Å². The molecule has 0 bridgehead atoms. The Kier molecular flexibility index (Phi) is 4.37. The number of carbonyl (C=O) groups is 2. The highest BCUT2D eigenvalue weighted by atomic mass is 35.5. The zero-order chi connectivity index (χ0) is 14.5. The molecule has 7 heteroatoms. The van der Waals surface area contributed by atoms with Crippen LogP contribution in [0.1, 0.15) is 10.6 Å². The van der Waals surface area contributed by atoms with Gasteiger partial charge in [-0.15, -0.1) is 0 Å². The minimum Gasteiger partial charge on any atom is -0.468 e. The summed E-state index contributed by atoms with van der Waals surface area (Å²) in [4.78, 5) is 22.6. The van der Waals surface area contributed by atoms with Gasteiger partial charge in [-0.25, -0.2) is 0 Å². The lowest BCUT2D eigenvalue weighted by atomic mass is 10.1. The summed E-state index contributed by atoms with van der Waals surface area (Å²) in [5.41, 5.74) is 1.21. The smallest absolute Gasteiger partial charge is 0.325 e. The molecule has 2 aromatic rings. The van der Waals surface area contributed by atoms with E-state index in [4.69, 9.17) is 16.1 Å². The third-order valence-electron chi connectivity index (χ3n) is 2.48. The average molecular weight is 295 g/mol. The first-order valence-corrected chi connectivity index (χ1v) is 6.05. The second-order valence-corrected chi connectivity index (χ2v) is 4.28. The van der Waals surface area contributed by atoms with E-state index in [1.807, 2.05) is 0 Å². The van der Waals surface area contributed by atoms with E-state index in [-0.39, 0.29) is 12.3 Å². The van der Waals surface area contributed by atoms with Gasteiger partial charge in [0.2, 0.25) is 5.76 Å². The van der Waals surface area contributed by atoms with Crippen LogP contribution in [0, 0.1) is 0 Å². The molecule has 0 atom stereocenters. The molecule has 6 nitrogen and oxygen atoms in total. The lowest BCUT2D eigenvalue weighted by Gasteiger charge is -1.99. The highest BCUT2D eigenvalue weighted by Crippen LogP contribution is 2.22. The van der Waals surface area contributed by atoms with Crippen LogP contribution in [0.2, 0.25) is 5.02 Å². The molecule has 20 heavy (non-hydrogen) atoms. The van der Waals surface area contributed by atoms with Crippen molar-refractivity contribution in [3.8, 4) is 11.3 Å². The van der Waals surface area contributed by atoms with E-state index in [0.717, 1.165) is 5.56 Å². The predicted molar refractivity (Wildman–Crippen MR) is 71.3 cm³/mol. The fourth-order valence-electron chi connectivity index (χ4n) is 1.48. The number of aromatic nitrogens is 1. The van der Waals surface area contributed by atoms with E-state index in [9.17, 15) is 9.59 Å². The minimum absolute atomic E-state index is 0.00359. The largest absolute Gasteiger partial charge is 0.468 e. The monoisotopic (exact) mass is 294 g/mol. The third kappa shape index (κ3) is 3.36. The Bertz CT molecular complexity index is 639. The SMILES string of the molecule is COC(=O)CNC(=O)c1cc(-c2cccc(Cl)c2)no1. The second-order valence-electron chi connectivity index (χ2n) is 3.85. The summed E-state index contributed by atoms with van der Waals surface area (Å²) >= 11 is 5.88. The van der Waals surface area contributed by atoms with Gasteiger partial charge in [0, 0.05) is 16.7 Å². The summed E-state index contributed by atoms with van der Waals surface area (Å²) in [6, 6.07) is 8.46. The Hall–Kier alpha value is -2.34. The Balaban J connectivity index is 2.09. The van der Waals surface area contributed by atoms with E-state index in [1.54, 1.807) is 24.3 Å². The number of carbonyl (C=O) groups excluding carboxylic acids is 2. The summed E-state index contributed by atoms with van der Waals surface area (Å²) in [5.74, 6) is -1.09. The molecule has 0 saturated carbocycles. The Morgan fingerprint density at radius 1 is 1.40 bits per heavy atom. The number of hydrogen-bond acceptors (Lipinski definition) is 5. The van der Waals surface area contributed by atoms with Gasteiger partial charge < -0.3 is 14.6 Å². The van der Waals surface area contributed by atoms with Gasteiger partial charge in [-0.2, -0.15) is 0 Å². The Labute approximate surface area is 119 Å². The van der Waals surface area contributed by atoms with Crippen molar-refractivity contribution in [3.05, 3.63) is 41.1 Å². The third-order valence-corrected chi connectivity index (χ3v) is 2.71. The fourth-order valence-corrected chi connectivity index (χ4v) is 1.67. The molecule has 0 spiro atoms. The highest BCUT2D eigenvalue weighted by molar-refractivity contribution is 6.30. The van der Waals surface area contributed by atoms with Crippen LogP contribution in [0.15, 0.2) is 34.9 Å². The summed E-state index contributed by atoms with van der Waals surface area (Å²) in [6.45, 7) is -0.234. The molecule has 104 valence electrons. The number of methoxy groups -OCH3 is 1. The van der Waals surface area contributed by atoms with Crippen LogP contribution >= 0.6 is 11.6 Å². The molecule has 1 aromatic carbocycles. The number of nitrogens with one attached hydrogen (secondary N) is 1. The average Bonchev–Trinajstić information content (AvgIpc) is 2.94. The van der Waals surface area contributed by atoms with Crippen LogP contribution in [0.4, 0.5) is 0 Å². The van der Waals surface area contributed by atoms with Crippen molar-refractivity contribution >= 4 is 23.5 Å². The van der Waals surface area contributed by atoms with Crippen molar-refractivity contribution in [2.24, 2.45) is 0 Å². The number of halogens is 1. The van der Waals surface area contributed by atoms with Gasteiger partial charge >= 0.3 is 5.97 Å². The topological polar surface area (TPSA) is 81.4 Å². The maximum absolute atomic E-state index is 11.7.